The molecule has 0 radical (unpaired) electrons. The second-order valence-electron chi connectivity index (χ2n) is 3.89. The van der Waals surface area contributed by atoms with Crippen LogP contribution in [0.3, 0.4) is 0 Å². The number of ether oxygens (including phenoxy) is 1. The number of rotatable bonds is 4. The molecule has 6 heteroatoms. The van der Waals surface area contributed by atoms with Gasteiger partial charge >= 0.3 is 0 Å². The van der Waals surface area contributed by atoms with Crippen LogP contribution in [0.4, 0.5) is 14.7 Å². The van der Waals surface area contributed by atoms with Crippen LogP contribution in [0, 0.1) is 18.6 Å². The minimum absolute atomic E-state index is 0.183. The smallest absolute Gasteiger partial charge is 0.260 e. The van der Waals surface area contributed by atoms with E-state index in [1.165, 1.54) is 6.07 Å². The molecule has 1 N–H and O–H groups in total. The molecule has 2 rings (SSSR count). The number of aromatic nitrogens is 2. The van der Waals surface area contributed by atoms with Gasteiger partial charge in [-0.25, -0.2) is 9.37 Å². The molecule has 0 bridgehead atoms. The Bertz CT molecular complexity index is 590. The van der Waals surface area contributed by atoms with Gasteiger partial charge in [-0.1, -0.05) is 6.07 Å². The first-order valence-electron chi connectivity index (χ1n) is 5.80. The van der Waals surface area contributed by atoms with E-state index in [0.717, 1.165) is 6.20 Å². The van der Waals surface area contributed by atoms with Crippen LogP contribution >= 0.6 is 0 Å². The molecule has 0 atom stereocenters. The normalized spacial score (nSPS) is 10.3. The summed E-state index contributed by atoms with van der Waals surface area (Å²) in [5.74, 6) is -0.926. The number of hydrogen-bond donors (Lipinski definition) is 1. The van der Waals surface area contributed by atoms with Crippen molar-refractivity contribution in [2.45, 2.75) is 13.8 Å². The molecule has 0 saturated heterocycles. The van der Waals surface area contributed by atoms with E-state index in [2.05, 4.69) is 15.3 Å². The van der Waals surface area contributed by atoms with Gasteiger partial charge in [0.15, 0.2) is 0 Å². The second-order valence-corrected chi connectivity index (χ2v) is 3.89. The SMILES string of the molecule is CCNc1ncc(F)c(Oc2ccc(C)c(F)c2)n1. The molecule has 0 amide bonds. The van der Waals surface area contributed by atoms with Crippen molar-refractivity contribution in [1.29, 1.82) is 0 Å². The summed E-state index contributed by atoms with van der Waals surface area (Å²) in [5.41, 5.74) is 0.490. The Hall–Kier alpha value is -2.24. The molecular formula is C13H13F2N3O. The average molecular weight is 265 g/mol. The molecule has 0 unspecified atom stereocenters. The molecule has 1 heterocycles. The zero-order valence-corrected chi connectivity index (χ0v) is 10.6. The van der Waals surface area contributed by atoms with Gasteiger partial charge in [0.2, 0.25) is 11.8 Å². The minimum atomic E-state index is -0.706. The highest BCUT2D eigenvalue weighted by Crippen LogP contribution is 2.24. The molecule has 1 aromatic heterocycles. The molecule has 2 aromatic rings. The van der Waals surface area contributed by atoms with Gasteiger partial charge in [-0.05, 0) is 25.5 Å². The van der Waals surface area contributed by atoms with Gasteiger partial charge in [-0.3, -0.25) is 0 Å². The van der Waals surface area contributed by atoms with E-state index in [4.69, 9.17) is 4.74 Å². The molecule has 0 aliphatic rings. The third-order valence-corrected chi connectivity index (χ3v) is 2.40. The highest BCUT2D eigenvalue weighted by atomic mass is 19.1. The number of benzene rings is 1. The Balaban J connectivity index is 2.26. The average Bonchev–Trinajstić information content (AvgIpc) is 2.38. The van der Waals surface area contributed by atoms with Gasteiger partial charge in [0.05, 0.1) is 6.20 Å². The summed E-state index contributed by atoms with van der Waals surface area (Å²) in [4.78, 5) is 7.62. The van der Waals surface area contributed by atoms with Gasteiger partial charge in [0, 0.05) is 12.6 Å². The third-order valence-electron chi connectivity index (χ3n) is 2.40. The molecule has 4 nitrogen and oxygen atoms in total. The zero-order valence-electron chi connectivity index (χ0n) is 10.6. The Morgan fingerprint density at radius 1 is 1.26 bits per heavy atom. The van der Waals surface area contributed by atoms with Crippen molar-refractivity contribution in [2.75, 3.05) is 11.9 Å². The number of nitrogens with one attached hydrogen (secondary N) is 1. The number of aryl methyl sites for hydroxylation is 1. The number of hydrogen-bond acceptors (Lipinski definition) is 4. The lowest BCUT2D eigenvalue weighted by atomic mass is 10.2. The van der Waals surface area contributed by atoms with Gasteiger partial charge in [0.25, 0.3) is 5.88 Å². The Labute approximate surface area is 109 Å². The molecule has 1 aromatic carbocycles. The Kier molecular flexibility index (Phi) is 3.89. The maximum Gasteiger partial charge on any atom is 0.260 e. The summed E-state index contributed by atoms with van der Waals surface area (Å²) in [5, 5.41) is 2.84. The van der Waals surface area contributed by atoms with Crippen LogP contribution in [0.25, 0.3) is 0 Å². The third kappa shape index (κ3) is 3.15. The molecule has 0 aliphatic heterocycles. The van der Waals surface area contributed by atoms with E-state index >= 15 is 0 Å². The van der Waals surface area contributed by atoms with E-state index in [-0.39, 0.29) is 17.6 Å². The van der Waals surface area contributed by atoms with Crippen LogP contribution in [0.2, 0.25) is 0 Å². The van der Waals surface area contributed by atoms with Crippen LogP contribution in [0.1, 0.15) is 12.5 Å². The monoisotopic (exact) mass is 265 g/mol. The quantitative estimate of drug-likeness (QED) is 0.921. The summed E-state index contributed by atoms with van der Waals surface area (Å²) in [6.07, 6.45) is 1.00. The molecule has 100 valence electrons. The largest absolute Gasteiger partial charge is 0.436 e. The molecule has 0 fully saturated rings. The van der Waals surface area contributed by atoms with Gasteiger partial charge in [-0.15, -0.1) is 0 Å². The lowest BCUT2D eigenvalue weighted by Crippen LogP contribution is -2.04. The standard InChI is InChI=1S/C13H13F2N3O/c1-3-16-13-17-7-11(15)12(18-13)19-9-5-4-8(2)10(14)6-9/h4-7H,3H2,1-2H3,(H,16,17,18). The van der Waals surface area contributed by atoms with Gasteiger partial charge < -0.3 is 10.1 Å². The fourth-order valence-corrected chi connectivity index (χ4v) is 1.42. The van der Waals surface area contributed by atoms with Gasteiger partial charge in [-0.2, -0.15) is 9.37 Å². The summed E-state index contributed by atoms with van der Waals surface area (Å²) >= 11 is 0. The first-order chi connectivity index (χ1) is 9.10. The molecule has 19 heavy (non-hydrogen) atoms. The zero-order chi connectivity index (χ0) is 13.8. The van der Waals surface area contributed by atoms with Gasteiger partial charge in [0.1, 0.15) is 11.6 Å². The Morgan fingerprint density at radius 2 is 2.05 bits per heavy atom. The van der Waals surface area contributed by atoms with E-state index < -0.39 is 11.6 Å². The van der Waals surface area contributed by atoms with Crippen molar-refractivity contribution >= 4 is 5.95 Å². The molecule has 0 aliphatic carbocycles. The van der Waals surface area contributed by atoms with Crippen LogP contribution in [-0.4, -0.2) is 16.5 Å². The van der Waals surface area contributed by atoms with Crippen LogP contribution in [0.5, 0.6) is 11.6 Å². The van der Waals surface area contributed by atoms with E-state index in [0.29, 0.717) is 12.1 Å². The summed E-state index contributed by atoms with van der Waals surface area (Å²) < 4.78 is 32.1. The van der Waals surface area contributed by atoms with Crippen LogP contribution in [-0.2, 0) is 0 Å². The first kappa shape index (κ1) is 13.2. The van der Waals surface area contributed by atoms with Crippen molar-refractivity contribution in [3.63, 3.8) is 0 Å². The van der Waals surface area contributed by atoms with Crippen molar-refractivity contribution < 1.29 is 13.5 Å². The predicted molar refractivity (Wildman–Crippen MR) is 67.4 cm³/mol. The van der Waals surface area contributed by atoms with Crippen molar-refractivity contribution in [1.82, 2.24) is 9.97 Å². The lowest BCUT2D eigenvalue weighted by molar-refractivity contribution is 0.417. The van der Waals surface area contributed by atoms with E-state index in [1.54, 1.807) is 19.1 Å². The van der Waals surface area contributed by atoms with Crippen LogP contribution < -0.4 is 10.1 Å². The highest BCUT2D eigenvalue weighted by Gasteiger charge is 2.10. The van der Waals surface area contributed by atoms with E-state index in [9.17, 15) is 8.78 Å². The second kappa shape index (κ2) is 5.60. The summed E-state index contributed by atoms with van der Waals surface area (Å²) in [6.45, 7) is 4.10. The van der Waals surface area contributed by atoms with Crippen molar-refractivity contribution in [3.05, 3.63) is 41.6 Å². The first-order valence-corrected chi connectivity index (χ1v) is 5.80. The summed E-state index contributed by atoms with van der Waals surface area (Å²) in [6, 6.07) is 4.28. The lowest BCUT2D eigenvalue weighted by Gasteiger charge is -2.08. The van der Waals surface area contributed by atoms with E-state index in [1.807, 2.05) is 6.92 Å². The Morgan fingerprint density at radius 3 is 2.74 bits per heavy atom. The predicted octanol–water partition coefficient (Wildman–Crippen LogP) is 3.29. The van der Waals surface area contributed by atoms with Crippen LogP contribution in [0.15, 0.2) is 24.4 Å². The maximum absolute atomic E-state index is 13.5. The molecule has 0 spiro atoms. The molecular weight excluding hydrogens is 252 g/mol. The minimum Gasteiger partial charge on any atom is -0.436 e. The van der Waals surface area contributed by atoms with Crippen molar-refractivity contribution in [3.8, 4) is 11.6 Å². The molecule has 0 saturated carbocycles. The highest BCUT2D eigenvalue weighted by molar-refractivity contribution is 5.34. The summed E-state index contributed by atoms with van der Waals surface area (Å²) in [7, 11) is 0. The number of halogens is 2. The fourth-order valence-electron chi connectivity index (χ4n) is 1.42. The van der Waals surface area contributed by atoms with Crippen molar-refractivity contribution in [2.24, 2.45) is 0 Å². The topological polar surface area (TPSA) is 47.0 Å². The maximum atomic E-state index is 13.5. The fraction of sp³-hybridized carbons (Fsp3) is 0.231. The number of anilines is 1. The number of nitrogens with zero attached hydrogens (tertiary/aromatic N) is 2.